The number of aliphatic hydroxyl groups is 2. The highest BCUT2D eigenvalue weighted by Crippen LogP contribution is 2.25. The largest absolute Gasteiger partial charge is 0.508 e. The third kappa shape index (κ3) is 9.63. The first-order valence-corrected chi connectivity index (χ1v) is 11.7. The zero-order valence-electron chi connectivity index (χ0n) is 18.2. The summed E-state index contributed by atoms with van der Waals surface area (Å²) in [5.74, 6) is 0.0370. The first-order chi connectivity index (χ1) is 15.5. The van der Waals surface area contributed by atoms with Crippen molar-refractivity contribution in [1.29, 1.82) is 0 Å². The molecule has 2 rings (SSSR count). The third-order valence-corrected chi connectivity index (χ3v) is 5.78. The van der Waals surface area contributed by atoms with Crippen LogP contribution in [0.25, 0.3) is 0 Å². The lowest BCUT2D eigenvalue weighted by molar-refractivity contribution is 0.0393. The Morgan fingerprint density at radius 1 is 0.906 bits per heavy atom. The summed E-state index contributed by atoms with van der Waals surface area (Å²) < 4.78 is 11.2. The molecule has 0 radical (unpaired) electrons. The van der Waals surface area contributed by atoms with Crippen LogP contribution < -0.4 is 5.32 Å². The molecule has 0 heterocycles. The van der Waals surface area contributed by atoms with Crippen LogP contribution in [-0.4, -0.2) is 48.2 Å². The highest BCUT2D eigenvalue weighted by molar-refractivity contribution is 6.35. The molecule has 0 aromatic heterocycles. The van der Waals surface area contributed by atoms with E-state index in [1.54, 1.807) is 24.3 Å². The number of unbranched alkanes of at least 4 members (excludes halogenated alkanes) is 3. The van der Waals surface area contributed by atoms with Crippen molar-refractivity contribution in [1.82, 2.24) is 5.32 Å². The van der Waals surface area contributed by atoms with Gasteiger partial charge in [-0.1, -0.05) is 48.2 Å². The molecule has 0 aliphatic heterocycles. The molecule has 2 aromatic carbocycles. The Hall–Kier alpha value is -1.38. The highest BCUT2D eigenvalue weighted by atomic mass is 35.5. The zero-order valence-corrected chi connectivity index (χ0v) is 19.7. The van der Waals surface area contributed by atoms with Crippen LogP contribution in [0.15, 0.2) is 36.4 Å². The number of aliphatic hydroxyl groups excluding tert-OH is 2. The minimum atomic E-state index is -0.675. The monoisotopic (exact) mass is 485 g/mol. The van der Waals surface area contributed by atoms with Gasteiger partial charge in [0.1, 0.15) is 5.75 Å². The Bertz CT molecular complexity index is 786. The molecule has 178 valence electrons. The van der Waals surface area contributed by atoms with Crippen molar-refractivity contribution in [2.75, 3.05) is 32.9 Å². The molecule has 8 heteroatoms. The van der Waals surface area contributed by atoms with Crippen LogP contribution >= 0.6 is 23.2 Å². The van der Waals surface area contributed by atoms with E-state index in [9.17, 15) is 15.3 Å². The number of nitrogens with one attached hydrogen (secondary N) is 1. The predicted molar refractivity (Wildman–Crippen MR) is 127 cm³/mol. The minimum absolute atomic E-state index is 0.0370. The van der Waals surface area contributed by atoms with E-state index in [0.29, 0.717) is 54.1 Å². The molecule has 0 saturated heterocycles. The standard InChI is InChI=1S/C24H33Cl2NO5/c25-21-6-5-7-22(26)20(21)17-32-13-12-31-11-4-2-1-3-10-27-15-24(30)18-8-9-23(29)19(14-18)16-28/h5-9,14,24,27-30H,1-4,10-13,15-17H2. The second-order valence-corrected chi connectivity index (χ2v) is 8.36. The zero-order chi connectivity index (χ0) is 23.2. The van der Waals surface area contributed by atoms with Crippen molar-refractivity contribution >= 4 is 23.2 Å². The van der Waals surface area contributed by atoms with Crippen molar-refractivity contribution < 1.29 is 24.8 Å². The van der Waals surface area contributed by atoms with Gasteiger partial charge in [-0.05, 0) is 49.2 Å². The van der Waals surface area contributed by atoms with Gasteiger partial charge in [0.25, 0.3) is 0 Å². The van der Waals surface area contributed by atoms with E-state index in [0.717, 1.165) is 37.8 Å². The van der Waals surface area contributed by atoms with Crippen molar-refractivity contribution in [2.24, 2.45) is 0 Å². The molecule has 32 heavy (non-hydrogen) atoms. The summed E-state index contributed by atoms with van der Waals surface area (Å²) in [6.45, 7) is 3.11. The van der Waals surface area contributed by atoms with Crippen LogP contribution in [0.3, 0.4) is 0 Å². The molecule has 2 aromatic rings. The average molecular weight is 486 g/mol. The van der Waals surface area contributed by atoms with Gasteiger partial charge in [-0.15, -0.1) is 0 Å². The molecule has 1 atom stereocenters. The normalized spacial score (nSPS) is 12.2. The van der Waals surface area contributed by atoms with Gasteiger partial charge in [0.2, 0.25) is 0 Å². The first-order valence-electron chi connectivity index (χ1n) is 10.9. The second-order valence-electron chi connectivity index (χ2n) is 7.55. The number of phenols is 1. The maximum absolute atomic E-state index is 10.2. The maximum Gasteiger partial charge on any atom is 0.121 e. The lowest BCUT2D eigenvalue weighted by Gasteiger charge is -2.14. The first kappa shape index (κ1) is 26.9. The molecule has 0 bridgehead atoms. The third-order valence-electron chi connectivity index (χ3n) is 5.07. The van der Waals surface area contributed by atoms with E-state index in [-0.39, 0.29) is 12.4 Å². The number of aromatic hydroxyl groups is 1. The van der Waals surface area contributed by atoms with Crippen molar-refractivity contribution in [3.8, 4) is 5.75 Å². The van der Waals surface area contributed by atoms with E-state index in [4.69, 9.17) is 32.7 Å². The number of halogens is 2. The van der Waals surface area contributed by atoms with Crippen molar-refractivity contribution in [3.05, 3.63) is 63.1 Å². The fourth-order valence-electron chi connectivity index (χ4n) is 3.17. The fourth-order valence-corrected chi connectivity index (χ4v) is 3.67. The average Bonchev–Trinajstić information content (AvgIpc) is 2.78. The van der Waals surface area contributed by atoms with Gasteiger partial charge in [0.15, 0.2) is 0 Å². The molecule has 0 amide bonds. The van der Waals surface area contributed by atoms with Gasteiger partial charge in [-0.2, -0.15) is 0 Å². The number of rotatable bonds is 16. The van der Waals surface area contributed by atoms with Crippen LogP contribution in [0.5, 0.6) is 5.75 Å². The summed E-state index contributed by atoms with van der Waals surface area (Å²) in [5, 5.41) is 33.5. The summed E-state index contributed by atoms with van der Waals surface area (Å²) >= 11 is 12.2. The van der Waals surface area contributed by atoms with Gasteiger partial charge in [0.05, 0.1) is 32.5 Å². The second kappa shape index (κ2) is 15.5. The predicted octanol–water partition coefficient (Wildman–Crippen LogP) is 4.61. The lowest BCUT2D eigenvalue weighted by Crippen LogP contribution is -2.22. The fraction of sp³-hybridized carbons (Fsp3) is 0.500. The van der Waals surface area contributed by atoms with Gasteiger partial charge in [-0.3, -0.25) is 0 Å². The van der Waals surface area contributed by atoms with Gasteiger partial charge < -0.3 is 30.1 Å². The summed E-state index contributed by atoms with van der Waals surface area (Å²) in [6, 6.07) is 10.2. The number of ether oxygens (including phenoxy) is 2. The molecule has 1 unspecified atom stereocenters. The van der Waals surface area contributed by atoms with E-state index in [1.807, 2.05) is 6.07 Å². The number of hydrogen-bond acceptors (Lipinski definition) is 6. The van der Waals surface area contributed by atoms with E-state index >= 15 is 0 Å². The van der Waals surface area contributed by atoms with E-state index in [2.05, 4.69) is 5.32 Å². The van der Waals surface area contributed by atoms with Crippen LogP contribution in [0.1, 0.15) is 48.5 Å². The van der Waals surface area contributed by atoms with Gasteiger partial charge in [-0.25, -0.2) is 0 Å². The molecular weight excluding hydrogens is 453 g/mol. The molecular formula is C24H33Cl2NO5. The molecule has 4 N–H and O–H groups in total. The van der Waals surface area contributed by atoms with Crippen molar-refractivity contribution in [2.45, 2.75) is 45.0 Å². The smallest absolute Gasteiger partial charge is 0.121 e. The maximum atomic E-state index is 10.2. The Morgan fingerprint density at radius 3 is 2.38 bits per heavy atom. The van der Waals surface area contributed by atoms with Crippen molar-refractivity contribution in [3.63, 3.8) is 0 Å². The summed E-state index contributed by atoms with van der Waals surface area (Å²) in [5.41, 5.74) is 1.89. The van der Waals surface area contributed by atoms with E-state index < -0.39 is 6.10 Å². The minimum Gasteiger partial charge on any atom is -0.508 e. The topological polar surface area (TPSA) is 91.2 Å². The molecule has 0 saturated carbocycles. The van der Waals surface area contributed by atoms with Crippen LogP contribution in [-0.2, 0) is 22.7 Å². The summed E-state index contributed by atoms with van der Waals surface area (Å²) in [7, 11) is 0. The molecule has 0 aliphatic rings. The van der Waals surface area contributed by atoms with Crippen LogP contribution in [0.4, 0.5) is 0 Å². The SMILES string of the molecule is OCc1cc(C(O)CNCCCCCCOCCOCc2c(Cl)cccc2Cl)ccc1O. The molecule has 0 spiro atoms. The lowest BCUT2D eigenvalue weighted by atomic mass is 10.1. The van der Waals surface area contributed by atoms with E-state index in [1.165, 1.54) is 6.07 Å². The van der Waals surface area contributed by atoms with Crippen LogP contribution in [0.2, 0.25) is 10.0 Å². The number of hydrogen-bond donors (Lipinski definition) is 4. The number of benzene rings is 2. The Kier molecular flexibility index (Phi) is 13.0. The highest BCUT2D eigenvalue weighted by Gasteiger charge is 2.10. The molecule has 0 aliphatic carbocycles. The molecule has 0 fully saturated rings. The summed E-state index contributed by atoms with van der Waals surface area (Å²) in [6.07, 6.45) is 3.51. The Balaban J connectivity index is 1.42. The Labute approximate surface area is 200 Å². The Morgan fingerprint density at radius 2 is 1.62 bits per heavy atom. The quantitative estimate of drug-likeness (QED) is 0.259. The van der Waals surface area contributed by atoms with Gasteiger partial charge in [0, 0.05) is 34.3 Å². The summed E-state index contributed by atoms with van der Waals surface area (Å²) in [4.78, 5) is 0. The molecule has 6 nitrogen and oxygen atoms in total. The van der Waals surface area contributed by atoms with Crippen LogP contribution in [0, 0.1) is 0 Å². The van der Waals surface area contributed by atoms with Gasteiger partial charge >= 0.3 is 0 Å².